The van der Waals surface area contributed by atoms with E-state index in [9.17, 15) is 0 Å². The van der Waals surface area contributed by atoms with Gasteiger partial charge in [-0.15, -0.1) is 0 Å². The van der Waals surface area contributed by atoms with Gasteiger partial charge in [-0.3, -0.25) is 4.99 Å². The Morgan fingerprint density at radius 2 is 2.08 bits per heavy atom. The molecule has 0 aromatic heterocycles. The summed E-state index contributed by atoms with van der Waals surface area (Å²) in [5, 5.41) is 10.9. The first-order valence-corrected chi connectivity index (χ1v) is 7.91. The highest BCUT2D eigenvalue weighted by Gasteiger charge is 2.30. The summed E-state index contributed by atoms with van der Waals surface area (Å²) >= 11 is 0. The van der Waals surface area contributed by atoms with Crippen molar-refractivity contribution in [3.8, 4) is 11.1 Å². The molecule has 0 amide bonds. The monoisotopic (exact) mass is 322 g/mol. The van der Waals surface area contributed by atoms with E-state index >= 15 is 0 Å². The van der Waals surface area contributed by atoms with Crippen molar-refractivity contribution in [2.24, 2.45) is 10.7 Å². The Hall–Kier alpha value is -2.66. The molecule has 5 nitrogen and oxygen atoms in total. The lowest BCUT2D eigenvalue weighted by Crippen LogP contribution is -2.37. The Morgan fingerprint density at radius 1 is 1.29 bits per heavy atom. The second-order valence-electron chi connectivity index (χ2n) is 6.11. The second-order valence-corrected chi connectivity index (χ2v) is 6.11. The summed E-state index contributed by atoms with van der Waals surface area (Å²) in [6.45, 7) is 2.92. The van der Waals surface area contributed by atoms with E-state index < -0.39 is 5.54 Å². The lowest BCUT2D eigenvalue weighted by Gasteiger charge is -2.30. The Morgan fingerprint density at radius 3 is 2.79 bits per heavy atom. The first-order chi connectivity index (χ1) is 11.6. The highest BCUT2D eigenvalue weighted by molar-refractivity contribution is 5.95. The van der Waals surface area contributed by atoms with Crippen molar-refractivity contribution in [1.82, 2.24) is 0 Å². The van der Waals surface area contributed by atoms with Crippen LogP contribution >= 0.6 is 0 Å². The smallest absolute Gasteiger partial charge is 0.121 e. The van der Waals surface area contributed by atoms with Crippen molar-refractivity contribution in [3.63, 3.8) is 0 Å². The third-order valence-electron chi connectivity index (χ3n) is 4.34. The van der Waals surface area contributed by atoms with Crippen molar-refractivity contribution >= 4 is 17.7 Å². The number of benzene rings is 2. The molecule has 0 aliphatic carbocycles. The number of rotatable bonds is 4. The van der Waals surface area contributed by atoms with Gasteiger partial charge in [-0.05, 0) is 35.7 Å². The number of nitrogens with one attached hydrogen (secondary N) is 2. The molecule has 0 saturated heterocycles. The molecule has 4 N–H and O–H groups in total. The van der Waals surface area contributed by atoms with Gasteiger partial charge >= 0.3 is 0 Å². The maximum Gasteiger partial charge on any atom is 0.121 e. The highest BCUT2D eigenvalue weighted by Crippen LogP contribution is 2.33. The topological polar surface area (TPSA) is 83.5 Å². The number of anilines is 1. The predicted octanol–water partition coefficient (Wildman–Crippen LogP) is 3.00. The molecule has 0 fully saturated rings. The molecule has 1 atom stereocenters. The Bertz CT molecular complexity index is 800. The summed E-state index contributed by atoms with van der Waals surface area (Å²) in [6.07, 6.45) is 1.38. The van der Waals surface area contributed by atoms with Crippen LogP contribution in [0.15, 0.2) is 47.5 Å². The quantitative estimate of drug-likeness (QED) is 0.757. The Balaban J connectivity index is 2.10. The van der Waals surface area contributed by atoms with Crippen LogP contribution in [-0.4, -0.2) is 32.3 Å². The lowest BCUT2D eigenvalue weighted by molar-refractivity contribution is 0.106. The van der Waals surface area contributed by atoms with E-state index in [0.29, 0.717) is 19.0 Å². The third kappa shape index (κ3) is 2.90. The van der Waals surface area contributed by atoms with Gasteiger partial charge in [-0.1, -0.05) is 30.3 Å². The second kappa shape index (κ2) is 6.45. The van der Waals surface area contributed by atoms with Crippen LogP contribution in [0.1, 0.15) is 18.1 Å². The van der Waals surface area contributed by atoms with Crippen LogP contribution in [0.2, 0.25) is 0 Å². The van der Waals surface area contributed by atoms with Gasteiger partial charge < -0.3 is 21.2 Å². The molecule has 1 heterocycles. The first kappa shape index (κ1) is 16.2. The minimum atomic E-state index is -0.482. The lowest BCUT2D eigenvalue weighted by atomic mass is 9.89. The van der Waals surface area contributed by atoms with Crippen LogP contribution in [0.25, 0.3) is 11.1 Å². The Kier molecular flexibility index (Phi) is 4.36. The van der Waals surface area contributed by atoms with Gasteiger partial charge in [0.2, 0.25) is 0 Å². The summed E-state index contributed by atoms with van der Waals surface area (Å²) in [5.74, 6) is 0.520. The van der Waals surface area contributed by atoms with Crippen LogP contribution < -0.4 is 11.1 Å². The zero-order chi connectivity index (χ0) is 17.2. The molecule has 1 aliphatic heterocycles. The number of nitrogens with zero attached hydrogens (tertiary/aromatic N) is 1. The predicted molar refractivity (Wildman–Crippen MR) is 99.1 cm³/mol. The largest absolute Gasteiger partial charge is 0.388 e. The molecule has 0 spiro atoms. The first-order valence-electron chi connectivity index (χ1n) is 7.91. The molecule has 24 heavy (non-hydrogen) atoms. The van der Waals surface area contributed by atoms with Crippen molar-refractivity contribution < 1.29 is 4.74 Å². The fourth-order valence-electron chi connectivity index (χ4n) is 3.10. The number of aliphatic imine (C=N–C) groups is 1. The Labute approximate surface area is 142 Å². The molecule has 5 heteroatoms. The minimum Gasteiger partial charge on any atom is -0.388 e. The van der Waals surface area contributed by atoms with Crippen molar-refractivity contribution in [2.45, 2.75) is 12.5 Å². The molecule has 1 aliphatic rings. The number of hydrogen-bond acceptors (Lipinski definition) is 5. The zero-order valence-electron chi connectivity index (χ0n) is 14.0. The van der Waals surface area contributed by atoms with E-state index in [2.05, 4.69) is 16.4 Å². The molecule has 0 radical (unpaired) electrons. The van der Waals surface area contributed by atoms with Crippen LogP contribution in [0.5, 0.6) is 0 Å². The average molecular weight is 322 g/mol. The van der Waals surface area contributed by atoms with Gasteiger partial charge in [0.05, 0.1) is 6.61 Å². The van der Waals surface area contributed by atoms with E-state index in [1.807, 2.05) is 50.4 Å². The molecule has 3 rings (SSSR count). The molecule has 0 bridgehead atoms. The normalized spacial score (nSPS) is 20.3. The van der Waals surface area contributed by atoms with Crippen LogP contribution in [-0.2, 0) is 10.3 Å². The summed E-state index contributed by atoms with van der Waals surface area (Å²) in [5.41, 5.74) is 10.3. The van der Waals surface area contributed by atoms with E-state index in [0.717, 1.165) is 27.9 Å². The van der Waals surface area contributed by atoms with Gasteiger partial charge in [-0.25, -0.2) is 0 Å². The van der Waals surface area contributed by atoms with Crippen LogP contribution in [0, 0.1) is 5.41 Å². The number of hydrogen-bond donors (Lipinski definition) is 3. The summed E-state index contributed by atoms with van der Waals surface area (Å²) in [6, 6.07) is 14.2. The molecule has 124 valence electrons. The van der Waals surface area contributed by atoms with E-state index in [4.69, 9.17) is 15.9 Å². The maximum atomic E-state index is 7.77. The molecular formula is C19H22N4O. The molecular weight excluding hydrogens is 300 g/mol. The van der Waals surface area contributed by atoms with Gasteiger partial charge in [-0.2, -0.15) is 0 Å². The van der Waals surface area contributed by atoms with Gasteiger partial charge in [0.25, 0.3) is 0 Å². The van der Waals surface area contributed by atoms with Gasteiger partial charge in [0.1, 0.15) is 18.0 Å². The maximum absolute atomic E-state index is 7.77. The summed E-state index contributed by atoms with van der Waals surface area (Å²) in [7, 11) is 1.86. The van der Waals surface area contributed by atoms with E-state index in [1.165, 1.54) is 6.21 Å². The van der Waals surface area contributed by atoms with Crippen LogP contribution in [0.3, 0.4) is 0 Å². The standard InChI is InChI=1S/C19H22N4O/c1-19(12-24-11-18(21)23-19)14-6-3-5-13(9-14)15-7-4-8-17(22-2)16(15)10-20/h3-10,20,22H,11-12H2,1-2H3,(H2,21,23). The average Bonchev–Trinajstić information content (AvgIpc) is 2.61. The number of amidine groups is 1. The molecule has 0 saturated carbocycles. The summed E-state index contributed by atoms with van der Waals surface area (Å²) < 4.78 is 5.58. The van der Waals surface area contributed by atoms with Crippen molar-refractivity contribution in [3.05, 3.63) is 53.6 Å². The molecule has 2 aromatic carbocycles. The summed E-state index contributed by atoms with van der Waals surface area (Å²) in [4.78, 5) is 4.61. The van der Waals surface area contributed by atoms with Gasteiger partial charge in [0, 0.05) is 24.5 Å². The van der Waals surface area contributed by atoms with Crippen molar-refractivity contribution in [2.75, 3.05) is 25.6 Å². The number of nitrogens with two attached hydrogens (primary N) is 1. The van der Waals surface area contributed by atoms with Crippen LogP contribution in [0.4, 0.5) is 5.69 Å². The van der Waals surface area contributed by atoms with E-state index in [1.54, 1.807) is 0 Å². The number of ether oxygens (including phenoxy) is 1. The highest BCUT2D eigenvalue weighted by atomic mass is 16.5. The molecule has 1 unspecified atom stereocenters. The van der Waals surface area contributed by atoms with Gasteiger partial charge in [0.15, 0.2) is 0 Å². The zero-order valence-corrected chi connectivity index (χ0v) is 14.0. The fourth-order valence-corrected chi connectivity index (χ4v) is 3.10. The fraction of sp³-hybridized carbons (Fsp3) is 0.263. The minimum absolute atomic E-state index is 0.386. The molecule has 2 aromatic rings. The SMILES string of the molecule is CNc1cccc(-c2cccc(C3(C)COCC(N)=N3)c2)c1C=N. The van der Waals surface area contributed by atoms with E-state index in [-0.39, 0.29) is 0 Å². The third-order valence-corrected chi connectivity index (χ3v) is 4.34. The van der Waals surface area contributed by atoms with Crippen molar-refractivity contribution in [1.29, 1.82) is 5.41 Å².